The van der Waals surface area contributed by atoms with Crippen LogP contribution in [-0.4, -0.2) is 22.0 Å². The molecule has 1 amide bonds. The topological polar surface area (TPSA) is 62.2 Å². The van der Waals surface area contributed by atoms with Crippen molar-refractivity contribution in [2.24, 2.45) is 0 Å². The van der Waals surface area contributed by atoms with Crippen LogP contribution in [0.2, 0.25) is 0 Å². The van der Waals surface area contributed by atoms with Gasteiger partial charge >= 0.3 is 0 Å². The van der Waals surface area contributed by atoms with Gasteiger partial charge in [0, 0.05) is 11.4 Å². The van der Waals surface area contributed by atoms with Crippen LogP contribution in [0.5, 0.6) is 5.75 Å². The van der Waals surface area contributed by atoms with Gasteiger partial charge in [-0.1, -0.05) is 32.0 Å². The summed E-state index contributed by atoms with van der Waals surface area (Å²) in [5.41, 5.74) is 1.47. The Labute approximate surface area is 119 Å². The molecule has 2 N–H and O–H groups in total. The van der Waals surface area contributed by atoms with Crippen LogP contribution in [0.1, 0.15) is 43.7 Å². The highest BCUT2D eigenvalue weighted by molar-refractivity contribution is 6.08. The highest BCUT2D eigenvalue weighted by Crippen LogP contribution is 2.28. The number of hydrogen-bond acceptors (Lipinski definition) is 3. The van der Waals surface area contributed by atoms with Gasteiger partial charge in [-0.05, 0) is 26.8 Å². The van der Waals surface area contributed by atoms with Gasteiger partial charge in [0.15, 0.2) is 0 Å². The Kier molecular flexibility index (Phi) is 5.50. The van der Waals surface area contributed by atoms with Crippen molar-refractivity contribution in [1.82, 2.24) is 10.3 Å². The van der Waals surface area contributed by atoms with Gasteiger partial charge in [-0.25, -0.2) is 4.98 Å². The van der Waals surface area contributed by atoms with Gasteiger partial charge in [-0.15, -0.1) is 0 Å². The third kappa shape index (κ3) is 3.26. The summed E-state index contributed by atoms with van der Waals surface area (Å²) in [5.74, 6) is -0.323. The summed E-state index contributed by atoms with van der Waals surface area (Å²) in [6, 6.07) is 7.31. The Bertz CT molecular complexity index is 607. The van der Waals surface area contributed by atoms with Gasteiger partial charge in [-0.3, -0.25) is 4.79 Å². The van der Waals surface area contributed by atoms with Crippen LogP contribution >= 0.6 is 0 Å². The van der Waals surface area contributed by atoms with E-state index in [1.54, 1.807) is 13.0 Å². The molecule has 4 nitrogen and oxygen atoms in total. The van der Waals surface area contributed by atoms with E-state index in [0.717, 1.165) is 0 Å². The molecule has 0 aliphatic carbocycles. The quantitative estimate of drug-likeness (QED) is 0.882. The number of amides is 1. The molecule has 0 aliphatic heterocycles. The Morgan fingerprint density at radius 3 is 2.45 bits per heavy atom. The molecule has 20 heavy (non-hydrogen) atoms. The van der Waals surface area contributed by atoms with Crippen molar-refractivity contribution in [1.29, 1.82) is 0 Å². The lowest BCUT2D eigenvalue weighted by Gasteiger charge is -2.13. The standard InChI is InChI=1S/C14H16N2O2.C2H6/c1-8(2)15-14(18)12-10-6-4-5-7-11(10)16-9(3)13(12)17;1-2/h4-8,17H,1-3H3,(H,15,18);1-2H3. The number of nitrogens with zero attached hydrogens (tertiary/aromatic N) is 1. The lowest BCUT2D eigenvalue weighted by molar-refractivity contribution is 0.0942. The van der Waals surface area contributed by atoms with E-state index < -0.39 is 0 Å². The lowest BCUT2D eigenvalue weighted by Crippen LogP contribution is -2.30. The molecule has 0 radical (unpaired) electrons. The van der Waals surface area contributed by atoms with Crippen molar-refractivity contribution < 1.29 is 9.90 Å². The highest BCUT2D eigenvalue weighted by atomic mass is 16.3. The van der Waals surface area contributed by atoms with E-state index in [0.29, 0.717) is 22.2 Å². The molecular weight excluding hydrogens is 252 g/mol. The van der Waals surface area contributed by atoms with Gasteiger partial charge in [0.1, 0.15) is 5.75 Å². The lowest BCUT2D eigenvalue weighted by atomic mass is 10.1. The zero-order valence-electron chi connectivity index (χ0n) is 12.7. The number of aromatic nitrogens is 1. The Hall–Kier alpha value is -2.10. The number of aryl methyl sites for hydroxylation is 1. The molecule has 4 heteroatoms. The normalized spacial score (nSPS) is 10.1. The minimum absolute atomic E-state index is 0.0177. The number of rotatable bonds is 2. The number of pyridine rings is 1. The van der Waals surface area contributed by atoms with Crippen LogP contribution in [0, 0.1) is 6.92 Å². The number of fused-ring (bicyclic) bond motifs is 1. The molecule has 2 rings (SSSR count). The SMILES string of the molecule is CC.Cc1nc2ccccc2c(C(=O)NC(C)C)c1O. The van der Waals surface area contributed by atoms with E-state index in [1.165, 1.54) is 0 Å². The molecule has 0 unspecified atom stereocenters. The fourth-order valence-electron chi connectivity index (χ4n) is 1.89. The van der Waals surface area contributed by atoms with Gasteiger partial charge < -0.3 is 10.4 Å². The second kappa shape index (κ2) is 6.89. The molecule has 0 saturated heterocycles. The number of carbonyl (C=O) groups is 1. The Balaban J connectivity index is 0.000000956. The molecule has 2 aromatic rings. The molecule has 0 fully saturated rings. The predicted molar refractivity (Wildman–Crippen MR) is 82.1 cm³/mol. The van der Waals surface area contributed by atoms with Crippen molar-refractivity contribution >= 4 is 16.8 Å². The number of carbonyl (C=O) groups excluding carboxylic acids is 1. The Morgan fingerprint density at radius 2 is 1.85 bits per heavy atom. The van der Waals surface area contributed by atoms with Crippen molar-refractivity contribution in [3.63, 3.8) is 0 Å². The van der Waals surface area contributed by atoms with E-state index in [4.69, 9.17) is 0 Å². The molecule has 1 aromatic heterocycles. The number of aromatic hydroxyl groups is 1. The minimum atomic E-state index is -0.274. The zero-order valence-corrected chi connectivity index (χ0v) is 12.7. The van der Waals surface area contributed by atoms with Crippen LogP contribution < -0.4 is 5.32 Å². The van der Waals surface area contributed by atoms with E-state index >= 15 is 0 Å². The first-order valence-electron chi connectivity index (χ1n) is 6.90. The maximum atomic E-state index is 12.1. The maximum absolute atomic E-state index is 12.1. The van der Waals surface area contributed by atoms with E-state index in [9.17, 15) is 9.90 Å². The molecule has 108 valence electrons. The second-order valence-electron chi connectivity index (χ2n) is 4.57. The van der Waals surface area contributed by atoms with Crippen LogP contribution in [0.4, 0.5) is 0 Å². The van der Waals surface area contributed by atoms with Gasteiger partial charge in [-0.2, -0.15) is 0 Å². The number of hydrogen-bond donors (Lipinski definition) is 2. The summed E-state index contributed by atoms with van der Waals surface area (Å²) in [4.78, 5) is 16.4. The monoisotopic (exact) mass is 274 g/mol. The predicted octanol–water partition coefficient (Wildman–Crippen LogP) is 3.41. The van der Waals surface area contributed by atoms with Crippen molar-refractivity contribution in [3.05, 3.63) is 35.5 Å². The number of nitrogens with one attached hydrogen (secondary N) is 1. The van der Waals surface area contributed by atoms with Gasteiger partial charge in [0.25, 0.3) is 5.91 Å². The average molecular weight is 274 g/mol. The molecule has 0 atom stereocenters. The van der Waals surface area contributed by atoms with E-state index in [1.807, 2.05) is 45.9 Å². The third-order valence-corrected chi connectivity index (χ3v) is 2.69. The highest BCUT2D eigenvalue weighted by Gasteiger charge is 2.18. The maximum Gasteiger partial charge on any atom is 0.256 e. The molecule has 0 spiro atoms. The first kappa shape index (κ1) is 16.0. The fourth-order valence-corrected chi connectivity index (χ4v) is 1.89. The summed E-state index contributed by atoms with van der Waals surface area (Å²) in [6.07, 6.45) is 0. The van der Waals surface area contributed by atoms with E-state index in [-0.39, 0.29) is 17.7 Å². The van der Waals surface area contributed by atoms with Crippen molar-refractivity contribution in [2.75, 3.05) is 0 Å². The summed E-state index contributed by atoms with van der Waals surface area (Å²) in [6.45, 7) is 9.45. The summed E-state index contributed by atoms with van der Waals surface area (Å²) in [5, 5.41) is 13.5. The second-order valence-corrected chi connectivity index (χ2v) is 4.57. The van der Waals surface area contributed by atoms with E-state index in [2.05, 4.69) is 10.3 Å². The van der Waals surface area contributed by atoms with Crippen molar-refractivity contribution in [2.45, 2.75) is 40.7 Å². The fraction of sp³-hybridized carbons (Fsp3) is 0.375. The largest absolute Gasteiger partial charge is 0.505 e. The zero-order chi connectivity index (χ0) is 15.3. The smallest absolute Gasteiger partial charge is 0.256 e. The van der Waals surface area contributed by atoms with Crippen LogP contribution in [0.25, 0.3) is 10.9 Å². The molecule has 0 bridgehead atoms. The first-order chi connectivity index (χ1) is 9.50. The first-order valence-corrected chi connectivity index (χ1v) is 6.90. The molecule has 1 heterocycles. The van der Waals surface area contributed by atoms with Crippen LogP contribution in [-0.2, 0) is 0 Å². The van der Waals surface area contributed by atoms with Crippen molar-refractivity contribution in [3.8, 4) is 5.75 Å². The average Bonchev–Trinajstić information content (AvgIpc) is 2.41. The third-order valence-electron chi connectivity index (χ3n) is 2.69. The Morgan fingerprint density at radius 1 is 1.25 bits per heavy atom. The van der Waals surface area contributed by atoms with Gasteiger partial charge in [0.2, 0.25) is 0 Å². The summed E-state index contributed by atoms with van der Waals surface area (Å²) in [7, 11) is 0. The van der Waals surface area contributed by atoms with Gasteiger partial charge in [0.05, 0.1) is 16.8 Å². The molecular formula is C16H22N2O2. The summed E-state index contributed by atoms with van der Waals surface area (Å²) >= 11 is 0. The van der Waals surface area contributed by atoms with Crippen LogP contribution in [0.15, 0.2) is 24.3 Å². The minimum Gasteiger partial charge on any atom is -0.505 e. The molecule has 1 aromatic carbocycles. The number of para-hydroxylation sites is 1. The number of benzene rings is 1. The molecule has 0 saturated carbocycles. The molecule has 0 aliphatic rings. The van der Waals surface area contributed by atoms with Crippen LogP contribution in [0.3, 0.4) is 0 Å². The summed E-state index contributed by atoms with van der Waals surface area (Å²) < 4.78 is 0.